The summed E-state index contributed by atoms with van der Waals surface area (Å²) in [6.45, 7) is 15.1. The van der Waals surface area contributed by atoms with Gasteiger partial charge in [-0.3, -0.25) is 19.5 Å². The van der Waals surface area contributed by atoms with Crippen molar-refractivity contribution in [3.05, 3.63) is 0 Å². The molecule has 41 heavy (non-hydrogen) atoms. The van der Waals surface area contributed by atoms with Gasteiger partial charge in [-0.2, -0.15) is 0 Å². The number of rotatable bonds is 21. The molecule has 3 aliphatic heterocycles. The van der Waals surface area contributed by atoms with Gasteiger partial charge in [-0.05, 0) is 44.9 Å². The lowest BCUT2D eigenvalue weighted by atomic mass is 9.88. The Morgan fingerprint density at radius 2 is 0.780 bits per heavy atom. The predicted molar refractivity (Wildman–Crippen MR) is 167 cm³/mol. The highest BCUT2D eigenvalue weighted by molar-refractivity contribution is 5.69. The quantitative estimate of drug-likeness (QED) is 0.133. The fourth-order valence-corrected chi connectivity index (χ4v) is 7.72. The van der Waals surface area contributed by atoms with Gasteiger partial charge in [-0.15, -0.1) is 0 Å². The molecule has 3 fully saturated rings. The Hall–Kier alpha value is -0.770. The van der Waals surface area contributed by atoms with Crippen LogP contribution in [0.5, 0.6) is 0 Å². The van der Waals surface area contributed by atoms with E-state index in [1.165, 1.54) is 77.0 Å². The molecule has 0 aromatic rings. The highest BCUT2D eigenvalue weighted by atomic mass is 16.4. The van der Waals surface area contributed by atoms with E-state index >= 15 is 0 Å². The Kier molecular flexibility index (Phi) is 15.0. The highest BCUT2D eigenvalue weighted by Crippen LogP contribution is 2.59. The van der Waals surface area contributed by atoms with Gasteiger partial charge in [0, 0.05) is 41.7 Å². The molecule has 3 heterocycles. The van der Waals surface area contributed by atoms with E-state index in [0.29, 0.717) is 42.7 Å². The molecule has 8 heteroatoms. The van der Waals surface area contributed by atoms with E-state index in [1.807, 2.05) is 6.92 Å². The van der Waals surface area contributed by atoms with E-state index in [1.54, 1.807) is 0 Å². The number of aliphatic hydroxyl groups excluding tert-OH is 3. The summed E-state index contributed by atoms with van der Waals surface area (Å²) in [6.07, 6.45) is 15.1. The molecule has 6 unspecified atom stereocenters. The number of carboxylic acids is 1. The lowest BCUT2D eigenvalue weighted by molar-refractivity contribution is -0.148. The first kappa shape index (κ1) is 36.4. The number of aliphatic hydroxyl groups is 3. The van der Waals surface area contributed by atoms with Crippen molar-refractivity contribution in [1.29, 1.82) is 0 Å². The summed E-state index contributed by atoms with van der Waals surface area (Å²) in [5, 5.41) is 36.3. The van der Waals surface area contributed by atoms with Crippen LogP contribution in [0.3, 0.4) is 0 Å². The molecular formula is C33H65N3O5. The molecule has 0 saturated carbocycles. The molecule has 0 bridgehead atoms. The lowest BCUT2D eigenvalue weighted by Gasteiger charge is -2.41. The Morgan fingerprint density at radius 1 is 0.537 bits per heavy atom. The molecule has 0 spiro atoms. The van der Waals surface area contributed by atoms with Crippen LogP contribution in [0.2, 0.25) is 0 Å². The van der Waals surface area contributed by atoms with Crippen LogP contribution in [0, 0.1) is 5.41 Å². The van der Waals surface area contributed by atoms with Gasteiger partial charge in [0.25, 0.3) is 0 Å². The van der Waals surface area contributed by atoms with Crippen molar-refractivity contribution >= 4 is 5.97 Å². The number of hydrogen-bond acceptors (Lipinski definition) is 7. The summed E-state index contributed by atoms with van der Waals surface area (Å²) < 4.78 is 0. The molecule has 0 aliphatic carbocycles. The predicted octanol–water partition coefficient (Wildman–Crippen LogP) is 5.43. The van der Waals surface area contributed by atoms with Gasteiger partial charge in [0.1, 0.15) is 5.79 Å². The Morgan fingerprint density at radius 3 is 0.902 bits per heavy atom. The number of carbonyl (C=O) groups is 1. The van der Waals surface area contributed by atoms with Gasteiger partial charge in [-0.1, -0.05) is 87.0 Å². The van der Waals surface area contributed by atoms with Crippen LogP contribution in [0.15, 0.2) is 0 Å². The van der Waals surface area contributed by atoms with Crippen molar-refractivity contribution in [2.75, 3.05) is 19.8 Å². The summed E-state index contributed by atoms with van der Waals surface area (Å²) in [4.78, 5) is 20.7. The average molecular weight is 584 g/mol. The first-order valence-electron chi connectivity index (χ1n) is 17.1. The maximum Gasteiger partial charge on any atom is 0.308 e. The molecule has 0 aromatic heterocycles. The average Bonchev–Trinajstić information content (AvgIpc) is 3.91. The van der Waals surface area contributed by atoms with Crippen LogP contribution in [-0.4, -0.2) is 103 Å². The first-order chi connectivity index (χ1) is 19.7. The first-order valence-corrected chi connectivity index (χ1v) is 17.1. The number of nitrogens with zero attached hydrogens (tertiary/aromatic N) is 3. The van der Waals surface area contributed by atoms with E-state index < -0.39 is 17.2 Å². The molecule has 0 amide bonds. The molecule has 0 aromatic carbocycles. The SMILES string of the molecule is CCC(CO)(CO)CO.CCCC1C(CCC)N1C(CC(=O)O)(N1C(CCC)C1CCC)N1C(CCC)C1CCC. The summed E-state index contributed by atoms with van der Waals surface area (Å²) in [5.74, 6) is -1.04. The van der Waals surface area contributed by atoms with Crippen LogP contribution in [-0.2, 0) is 4.79 Å². The van der Waals surface area contributed by atoms with Gasteiger partial charge in [-0.25, -0.2) is 0 Å². The second kappa shape index (κ2) is 16.9. The van der Waals surface area contributed by atoms with E-state index in [0.717, 1.165) is 0 Å². The minimum atomic E-state index is -0.667. The van der Waals surface area contributed by atoms with E-state index in [4.69, 9.17) is 15.3 Å². The van der Waals surface area contributed by atoms with Crippen LogP contribution in [0.4, 0.5) is 0 Å². The summed E-state index contributed by atoms with van der Waals surface area (Å²) >= 11 is 0. The van der Waals surface area contributed by atoms with Gasteiger partial charge in [0.2, 0.25) is 0 Å². The van der Waals surface area contributed by atoms with E-state index in [-0.39, 0.29) is 26.2 Å². The van der Waals surface area contributed by atoms with Crippen molar-refractivity contribution in [2.24, 2.45) is 5.41 Å². The third-order valence-corrected chi connectivity index (χ3v) is 10.1. The molecule has 3 saturated heterocycles. The lowest BCUT2D eigenvalue weighted by Crippen LogP contribution is -2.58. The molecule has 3 rings (SSSR count). The van der Waals surface area contributed by atoms with Gasteiger partial charge < -0.3 is 20.4 Å². The fraction of sp³-hybridized carbons (Fsp3) is 0.970. The summed E-state index contributed by atoms with van der Waals surface area (Å²) in [6, 6.07) is 3.30. The third kappa shape index (κ3) is 8.04. The molecule has 6 atom stereocenters. The number of hydrogen-bond donors (Lipinski definition) is 4. The number of carboxylic acid groups (broad SMARTS) is 1. The maximum atomic E-state index is 12.5. The minimum Gasteiger partial charge on any atom is -0.481 e. The minimum absolute atomic E-state index is 0.156. The normalized spacial score (nSPS) is 33.5. The second-order valence-electron chi connectivity index (χ2n) is 13.0. The molecule has 4 N–H and O–H groups in total. The second-order valence-corrected chi connectivity index (χ2v) is 13.0. The van der Waals surface area contributed by atoms with Crippen LogP contribution in [0.1, 0.15) is 138 Å². The molecular weight excluding hydrogens is 518 g/mol. The zero-order valence-corrected chi connectivity index (χ0v) is 27.5. The fourth-order valence-electron chi connectivity index (χ4n) is 7.72. The van der Waals surface area contributed by atoms with Gasteiger partial charge >= 0.3 is 5.97 Å². The van der Waals surface area contributed by atoms with Crippen molar-refractivity contribution in [2.45, 2.75) is 180 Å². The van der Waals surface area contributed by atoms with Crippen molar-refractivity contribution in [3.63, 3.8) is 0 Å². The zero-order valence-electron chi connectivity index (χ0n) is 27.5. The van der Waals surface area contributed by atoms with Crippen LogP contribution >= 0.6 is 0 Å². The number of aliphatic carboxylic acids is 1. The van der Waals surface area contributed by atoms with Gasteiger partial charge in [0.15, 0.2) is 0 Å². The maximum absolute atomic E-state index is 12.5. The van der Waals surface area contributed by atoms with E-state index in [9.17, 15) is 9.90 Å². The zero-order chi connectivity index (χ0) is 30.8. The molecule has 8 nitrogen and oxygen atoms in total. The topological polar surface area (TPSA) is 107 Å². The Balaban J connectivity index is 0.000000564. The monoisotopic (exact) mass is 583 g/mol. The third-order valence-electron chi connectivity index (χ3n) is 10.1. The van der Waals surface area contributed by atoms with Crippen LogP contribution < -0.4 is 0 Å². The van der Waals surface area contributed by atoms with Crippen molar-refractivity contribution < 1.29 is 25.2 Å². The Labute approximate surface area is 251 Å². The summed E-state index contributed by atoms with van der Waals surface area (Å²) in [7, 11) is 0. The Bertz CT molecular complexity index is 640. The summed E-state index contributed by atoms with van der Waals surface area (Å²) in [5.41, 5.74) is -0.667. The molecule has 3 aliphatic rings. The highest BCUT2D eigenvalue weighted by Gasteiger charge is 2.74. The van der Waals surface area contributed by atoms with Crippen molar-refractivity contribution in [1.82, 2.24) is 14.7 Å². The molecule has 0 radical (unpaired) electrons. The van der Waals surface area contributed by atoms with Crippen molar-refractivity contribution in [3.8, 4) is 0 Å². The smallest absolute Gasteiger partial charge is 0.308 e. The largest absolute Gasteiger partial charge is 0.481 e. The van der Waals surface area contributed by atoms with Crippen LogP contribution in [0.25, 0.3) is 0 Å². The van der Waals surface area contributed by atoms with Gasteiger partial charge in [0.05, 0.1) is 26.2 Å². The van der Waals surface area contributed by atoms with E-state index in [2.05, 4.69) is 56.2 Å². The molecule has 242 valence electrons. The standard InChI is InChI=1S/C27H51N3O2.C6H14O3/c1-7-13-20-21(14-8-2)28(20)27(19-26(31)32,29-22(15-9-3)23(29)16-10-4)30-24(17-11-5)25(30)18-12-6;1-2-6(3-7,4-8)5-9/h20-25H,7-19H2,1-6H3,(H,31,32);7-9H,2-5H2,1H3.